The summed E-state index contributed by atoms with van der Waals surface area (Å²) in [5.41, 5.74) is 0. The van der Waals surface area contributed by atoms with Crippen LogP contribution in [0.4, 0.5) is 8.78 Å². The average Bonchev–Trinajstić information content (AvgIpc) is 2.71. The fraction of sp³-hybridized carbons (Fsp3) is 1.00. The molecule has 7 rings (SSSR count). The van der Waals surface area contributed by atoms with Crippen LogP contribution < -0.4 is 5.32 Å². The van der Waals surface area contributed by atoms with Gasteiger partial charge in [0.2, 0.25) is 17.5 Å². The number of rotatable bonds is 2. The van der Waals surface area contributed by atoms with Gasteiger partial charge in [0.15, 0.2) is 0 Å². The van der Waals surface area contributed by atoms with Gasteiger partial charge in [0.1, 0.15) is 0 Å². The van der Waals surface area contributed by atoms with Crippen molar-refractivity contribution < 1.29 is 28.3 Å². The van der Waals surface area contributed by atoms with Gasteiger partial charge in [-0.1, -0.05) is 0 Å². The normalized spacial score (nSPS) is 51.7. The molecule has 0 aromatic heterocycles. The number of hydrogen-bond donors (Lipinski definition) is 1. The van der Waals surface area contributed by atoms with E-state index >= 15 is 0 Å². The highest BCUT2D eigenvalue weighted by atomic mass is 19.3. The highest BCUT2D eigenvalue weighted by Crippen LogP contribution is 2.61. The molecule has 0 aromatic rings. The van der Waals surface area contributed by atoms with Crippen LogP contribution >= 0.6 is 0 Å². The summed E-state index contributed by atoms with van der Waals surface area (Å²) in [5, 5.41) is 3.59. The first-order chi connectivity index (χ1) is 13.9. The van der Waals surface area contributed by atoms with Crippen LogP contribution in [0.5, 0.6) is 0 Å². The number of alkyl halides is 2. The Balaban J connectivity index is 1.03. The maximum Gasteiger partial charge on any atom is 0.248 e. The molecule has 1 saturated heterocycles. The van der Waals surface area contributed by atoms with Crippen molar-refractivity contribution in [2.75, 3.05) is 0 Å². The summed E-state index contributed by atoms with van der Waals surface area (Å²) < 4.78 is 26.7. The summed E-state index contributed by atoms with van der Waals surface area (Å²) in [5.74, 6) is -1.54. The Morgan fingerprint density at radius 3 is 1.62 bits per heavy atom. The Bertz CT molecular complexity index is 586. The van der Waals surface area contributed by atoms with Crippen LogP contribution in [0, 0.1) is 23.7 Å². The quantitative estimate of drug-likeness (QED) is 0.656. The van der Waals surface area contributed by atoms with Gasteiger partial charge >= 0.3 is 0 Å². The second kappa shape index (κ2) is 6.83. The minimum Gasteiger partial charge on any atom is -0.311 e. The maximum atomic E-state index is 13.4. The van der Waals surface area contributed by atoms with Crippen LogP contribution in [0.2, 0.25) is 0 Å². The van der Waals surface area contributed by atoms with Gasteiger partial charge in [-0.25, -0.2) is 8.78 Å². The Morgan fingerprint density at radius 1 is 0.621 bits per heavy atom. The van der Waals surface area contributed by atoms with E-state index in [1.54, 1.807) is 0 Å². The van der Waals surface area contributed by atoms with Crippen LogP contribution in [-0.4, -0.2) is 29.6 Å². The molecule has 1 aliphatic heterocycles. The van der Waals surface area contributed by atoms with Gasteiger partial charge in [0.05, 0.1) is 0 Å². The highest BCUT2D eigenvalue weighted by molar-refractivity contribution is 5.03. The smallest absolute Gasteiger partial charge is 0.248 e. The molecule has 7 fully saturated rings. The first-order valence-corrected chi connectivity index (χ1v) is 11.8. The standard InChI is InChI=1S/C22H33F2NO4/c23-20(24)5-1-18(2-6-20)25-19-3-7-21(8-4-19)26-28-22(29-27-21)16-10-14-9-15(12-16)13-17(22)11-14/h14-19,25H,1-13H2. The predicted molar refractivity (Wildman–Crippen MR) is 99.4 cm³/mol. The summed E-state index contributed by atoms with van der Waals surface area (Å²) in [4.78, 5) is 24.1. The van der Waals surface area contributed by atoms with Crippen LogP contribution in [-0.2, 0) is 19.6 Å². The van der Waals surface area contributed by atoms with E-state index in [-0.39, 0.29) is 18.9 Å². The molecule has 0 atom stereocenters. The lowest BCUT2D eigenvalue weighted by Gasteiger charge is -2.60. The third kappa shape index (κ3) is 3.36. The van der Waals surface area contributed by atoms with Gasteiger partial charge < -0.3 is 5.32 Å². The lowest BCUT2D eigenvalue weighted by atomic mass is 9.53. The zero-order valence-electron chi connectivity index (χ0n) is 17.0. The molecule has 1 heterocycles. The Labute approximate surface area is 171 Å². The molecule has 1 N–H and O–H groups in total. The van der Waals surface area contributed by atoms with Crippen molar-refractivity contribution in [1.29, 1.82) is 0 Å². The van der Waals surface area contributed by atoms with E-state index in [9.17, 15) is 8.78 Å². The molecule has 7 aliphatic rings. The van der Waals surface area contributed by atoms with Gasteiger partial charge in [-0.3, -0.25) is 0 Å². The lowest BCUT2D eigenvalue weighted by Crippen LogP contribution is -2.65. The van der Waals surface area contributed by atoms with Crippen molar-refractivity contribution >= 4 is 0 Å². The summed E-state index contributed by atoms with van der Waals surface area (Å²) in [6.45, 7) is 0. The van der Waals surface area contributed by atoms with E-state index < -0.39 is 17.5 Å². The van der Waals surface area contributed by atoms with Crippen molar-refractivity contribution in [2.45, 2.75) is 113 Å². The average molecular weight is 414 g/mol. The molecule has 2 spiro atoms. The van der Waals surface area contributed by atoms with Crippen LogP contribution in [0.15, 0.2) is 0 Å². The zero-order valence-corrected chi connectivity index (χ0v) is 17.0. The SMILES string of the molecule is FC1(F)CCC(NC2CCC3(CC2)OOC2(OO3)C3CC4CC(C3)CC2C4)CC1. The topological polar surface area (TPSA) is 49.0 Å². The van der Waals surface area contributed by atoms with Crippen LogP contribution in [0.3, 0.4) is 0 Å². The van der Waals surface area contributed by atoms with Crippen LogP contribution in [0.25, 0.3) is 0 Å². The minimum absolute atomic E-state index is 0.00135. The first-order valence-electron chi connectivity index (χ1n) is 11.8. The fourth-order valence-corrected chi connectivity index (χ4v) is 7.35. The summed E-state index contributed by atoms with van der Waals surface area (Å²) in [6.07, 6.45) is 10.3. The number of hydrogen-bond acceptors (Lipinski definition) is 5. The molecule has 0 aromatic carbocycles. The van der Waals surface area contributed by atoms with E-state index in [1.165, 1.54) is 32.1 Å². The van der Waals surface area contributed by atoms with Gasteiger partial charge in [0, 0.05) is 49.6 Å². The molecule has 5 nitrogen and oxygen atoms in total. The number of nitrogens with one attached hydrogen (secondary N) is 1. The van der Waals surface area contributed by atoms with E-state index in [0.29, 0.717) is 43.6 Å². The van der Waals surface area contributed by atoms with E-state index in [4.69, 9.17) is 19.6 Å². The summed E-state index contributed by atoms with van der Waals surface area (Å²) in [7, 11) is 0. The highest BCUT2D eigenvalue weighted by Gasteiger charge is 2.64. The third-order valence-electron chi connectivity index (χ3n) is 8.86. The van der Waals surface area contributed by atoms with Gasteiger partial charge in [-0.2, -0.15) is 19.6 Å². The molecule has 6 saturated carbocycles. The molecule has 29 heavy (non-hydrogen) atoms. The Kier molecular flexibility index (Phi) is 4.56. The fourth-order valence-electron chi connectivity index (χ4n) is 7.35. The molecular weight excluding hydrogens is 380 g/mol. The summed E-state index contributed by atoms with van der Waals surface area (Å²) >= 11 is 0. The first kappa shape index (κ1) is 19.4. The van der Waals surface area contributed by atoms with E-state index in [1.807, 2.05) is 0 Å². The monoisotopic (exact) mass is 413 g/mol. The molecule has 4 bridgehead atoms. The van der Waals surface area contributed by atoms with Gasteiger partial charge in [0.25, 0.3) is 0 Å². The molecule has 164 valence electrons. The van der Waals surface area contributed by atoms with Crippen molar-refractivity contribution in [3.05, 3.63) is 0 Å². The van der Waals surface area contributed by atoms with Gasteiger partial charge in [-0.15, -0.1) is 0 Å². The van der Waals surface area contributed by atoms with Crippen molar-refractivity contribution in [1.82, 2.24) is 5.32 Å². The van der Waals surface area contributed by atoms with Crippen molar-refractivity contribution in [2.24, 2.45) is 23.7 Å². The van der Waals surface area contributed by atoms with Gasteiger partial charge in [-0.05, 0) is 69.6 Å². The lowest BCUT2D eigenvalue weighted by molar-refractivity contribution is -0.680. The Morgan fingerprint density at radius 2 is 1.10 bits per heavy atom. The van der Waals surface area contributed by atoms with Crippen LogP contribution in [0.1, 0.15) is 83.5 Å². The minimum atomic E-state index is -2.47. The maximum absolute atomic E-state index is 13.4. The molecule has 0 radical (unpaired) electrons. The van der Waals surface area contributed by atoms with E-state index in [2.05, 4.69) is 5.32 Å². The third-order valence-corrected chi connectivity index (χ3v) is 8.86. The molecule has 0 amide bonds. The number of halogens is 2. The van der Waals surface area contributed by atoms with Crippen molar-refractivity contribution in [3.8, 4) is 0 Å². The predicted octanol–water partition coefficient (Wildman–Crippen LogP) is 4.86. The zero-order chi connectivity index (χ0) is 19.7. The van der Waals surface area contributed by atoms with E-state index in [0.717, 1.165) is 24.7 Å². The molecule has 0 unspecified atom stereocenters. The molecule has 7 heteroatoms. The largest absolute Gasteiger partial charge is 0.311 e. The second-order valence-corrected chi connectivity index (χ2v) is 10.8. The summed E-state index contributed by atoms with van der Waals surface area (Å²) in [6, 6.07) is 0.521. The Hall–Kier alpha value is -0.340. The molecule has 6 aliphatic carbocycles. The molecular formula is C22H33F2NO4. The van der Waals surface area contributed by atoms with Crippen molar-refractivity contribution in [3.63, 3.8) is 0 Å². The second-order valence-electron chi connectivity index (χ2n) is 10.8.